The van der Waals surface area contributed by atoms with E-state index in [2.05, 4.69) is 29.6 Å². The Kier molecular flexibility index (Phi) is 6.88. The number of carbonyl (C=O) groups is 3. The fourth-order valence-corrected chi connectivity index (χ4v) is 4.55. The minimum Gasteiger partial charge on any atom is -0.480 e. The Morgan fingerprint density at radius 3 is 2.21 bits per heavy atom. The third kappa shape index (κ3) is 4.77. The number of benzene rings is 2. The molecular formula is C26H30N2O6. The third-order valence-electron chi connectivity index (χ3n) is 6.84. The van der Waals surface area contributed by atoms with Crippen molar-refractivity contribution in [1.29, 1.82) is 0 Å². The van der Waals surface area contributed by atoms with E-state index in [1.807, 2.05) is 38.1 Å². The van der Waals surface area contributed by atoms with Crippen molar-refractivity contribution in [3.8, 4) is 11.1 Å². The van der Waals surface area contributed by atoms with Gasteiger partial charge in [0, 0.05) is 25.6 Å². The summed E-state index contributed by atoms with van der Waals surface area (Å²) in [7, 11) is 0. The average molecular weight is 467 g/mol. The number of fused-ring (bicyclic) bond motifs is 3. The highest BCUT2D eigenvalue weighted by molar-refractivity contribution is 5.84. The second kappa shape index (κ2) is 9.85. The van der Waals surface area contributed by atoms with Gasteiger partial charge in [0.05, 0.1) is 11.5 Å². The smallest absolute Gasteiger partial charge is 0.407 e. The van der Waals surface area contributed by atoms with Gasteiger partial charge in [0.1, 0.15) is 13.2 Å². The molecular weight excluding hydrogens is 436 g/mol. The summed E-state index contributed by atoms with van der Waals surface area (Å²) in [5.41, 5.74) is 3.82. The van der Waals surface area contributed by atoms with E-state index in [0.29, 0.717) is 19.5 Å². The topological polar surface area (TPSA) is 105 Å². The molecule has 2 aromatic rings. The van der Waals surface area contributed by atoms with Crippen LogP contribution in [-0.4, -0.2) is 66.9 Å². The highest BCUT2D eigenvalue weighted by atomic mass is 16.5. The number of aliphatic carboxylic acids is 1. The van der Waals surface area contributed by atoms with Gasteiger partial charge in [-0.1, -0.05) is 55.5 Å². The first-order chi connectivity index (χ1) is 16.3. The molecule has 34 heavy (non-hydrogen) atoms. The lowest BCUT2D eigenvalue weighted by atomic mass is 9.84. The molecule has 1 aliphatic heterocycles. The number of carbonyl (C=O) groups excluding carboxylic acids is 2. The number of nitrogens with one attached hydrogen (secondary N) is 1. The lowest BCUT2D eigenvalue weighted by Crippen LogP contribution is -2.60. The molecule has 1 fully saturated rings. The van der Waals surface area contributed by atoms with Gasteiger partial charge in [0.25, 0.3) is 0 Å². The number of hydrogen-bond donors (Lipinski definition) is 2. The first-order valence-corrected chi connectivity index (χ1v) is 11.5. The second-order valence-corrected chi connectivity index (χ2v) is 9.13. The Morgan fingerprint density at radius 1 is 1.06 bits per heavy atom. The number of carboxylic acid groups (broad SMARTS) is 1. The molecule has 0 bridgehead atoms. The van der Waals surface area contributed by atoms with Crippen molar-refractivity contribution in [2.75, 3.05) is 32.8 Å². The van der Waals surface area contributed by atoms with Gasteiger partial charge in [-0.15, -0.1) is 0 Å². The number of alkyl carbamates (subject to hydrolysis) is 1. The molecule has 0 saturated carbocycles. The van der Waals surface area contributed by atoms with Crippen molar-refractivity contribution < 1.29 is 29.0 Å². The maximum atomic E-state index is 13.0. The van der Waals surface area contributed by atoms with Crippen LogP contribution in [-0.2, 0) is 19.1 Å². The molecule has 2 aromatic carbocycles. The summed E-state index contributed by atoms with van der Waals surface area (Å²) < 4.78 is 10.8. The van der Waals surface area contributed by atoms with Crippen LogP contribution in [0.3, 0.4) is 0 Å². The molecule has 2 amide bonds. The zero-order chi connectivity index (χ0) is 24.3. The largest absolute Gasteiger partial charge is 0.480 e. The van der Waals surface area contributed by atoms with Crippen LogP contribution in [0, 0.1) is 5.41 Å². The van der Waals surface area contributed by atoms with Gasteiger partial charge in [-0.25, -0.2) is 9.59 Å². The molecule has 180 valence electrons. The summed E-state index contributed by atoms with van der Waals surface area (Å²) >= 11 is 0. The first-order valence-electron chi connectivity index (χ1n) is 11.5. The van der Waals surface area contributed by atoms with Crippen LogP contribution in [0.25, 0.3) is 11.1 Å². The number of likely N-dealkylation sites (tertiary alicyclic amines) is 1. The van der Waals surface area contributed by atoms with Crippen LogP contribution in [0.15, 0.2) is 48.5 Å². The fraction of sp³-hybridized carbons (Fsp3) is 0.423. The lowest BCUT2D eigenvalue weighted by Gasteiger charge is -2.43. The van der Waals surface area contributed by atoms with Gasteiger partial charge >= 0.3 is 12.1 Å². The van der Waals surface area contributed by atoms with E-state index in [0.717, 1.165) is 22.3 Å². The molecule has 1 unspecified atom stereocenters. The van der Waals surface area contributed by atoms with Gasteiger partial charge in [0.15, 0.2) is 0 Å². The van der Waals surface area contributed by atoms with Crippen LogP contribution < -0.4 is 5.32 Å². The molecule has 8 nitrogen and oxygen atoms in total. The standard InChI is InChI=1S/C26H30N2O6/c1-3-26(2,24(31)28-12-17(13-28)33-15-23(29)30)16-27-25(32)34-14-22-20-10-6-4-8-18(20)19-9-5-7-11-21(19)22/h4-11,17,22H,3,12-16H2,1-2H3,(H,27,32)(H,29,30). The molecule has 0 spiro atoms. The van der Waals surface area contributed by atoms with Gasteiger partial charge in [-0.2, -0.15) is 0 Å². The summed E-state index contributed by atoms with van der Waals surface area (Å²) in [5, 5.41) is 11.5. The van der Waals surface area contributed by atoms with Crippen LogP contribution in [0.4, 0.5) is 4.79 Å². The highest BCUT2D eigenvalue weighted by Gasteiger charge is 2.41. The predicted molar refractivity (Wildman–Crippen MR) is 125 cm³/mol. The van der Waals surface area contributed by atoms with Crippen LogP contribution in [0.5, 0.6) is 0 Å². The average Bonchev–Trinajstić information content (AvgIpc) is 3.13. The third-order valence-corrected chi connectivity index (χ3v) is 6.84. The molecule has 2 aliphatic rings. The van der Waals surface area contributed by atoms with Gasteiger partial charge in [-0.05, 0) is 35.6 Å². The Hall–Kier alpha value is -3.39. The normalized spacial score (nSPS) is 16.7. The lowest BCUT2D eigenvalue weighted by molar-refractivity contribution is -0.160. The first kappa shape index (κ1) is 23.8. The van der Waals surface area contributed by atoms with E-state index in [4.69, 9.17) is 14.6 Å². The van der Waals surface area contributed by atoms with Crippen molar-refractivity contribution in [1.82, 2.24) is 10.2 Å². The summed E-state index contributed by atoms with van der Waals surface area (Å²) in [6, 6.07) is 16.3. The molecule has 1 aliphatic carbocycles. The zero-order valence-corrected chi connectivity index (χ0v) is 19.5. The maximum absolute atomic E-state index is 13.0. The van der Waals surface area contributed by atoms with Crippen LogP contribution in [0.1, 0.15) is 37.3 Å². The van der Waals surface area contributed by atoms with E-state index in [9.17, 15) is 14.4 Å². The van der Waals surface area contributed by atoms with Crippen molar-refractivity contribution in [3.63, 3.8) is 0 Å². The zero-order valence-electron chi connectivity index (χ0n) is 19.5. The molecule has 0 radical (unpaired) electrons. The molecule has 1 heterocycles. The van der Waals surface area contributed by atoms with Crippen molar-refractivity contribution in [2.45, 2.75) is 32.3 Å². The summed E-state index contributed by atoms with van der Waals surface area (Å²) in [4.78, 5) is 37.8. The number of nitrogens with zero attached hydrogens (tertiary/aromatic N) is 1. The highest BCUT2D eigenvalue weighted by Crippen LogP contribution is 2.44. The van der Waals surface area contributed by atoms with Crippen LogP contribution in [0.2, 0.25) is 0 Å². The Morgan fingerprint density at radius 2 is 1.65 bits per heavy atom. The Labute approximate surface area is 198 Å². The molecule has 0 aromatic heterocycles. The summed E-state index contributed by atoms with van der Waals surface area (Å²) in [5.74, 6) is -1.15. The number of ether oxygens (including phenoxy) is 2. The maximum Gasteiger partial charge on any atom is 0.407 e. The van der Waals surface area contributed by atoms with E-state index >= 15 is 0 Å². The molecule has 8 heteroatoms. The number of amides is 2. The quantitative estimate of drug-likeness (QED) is 0.588. The SMILES string of the molecule is CCC(C)(CNC(=O)OCC1c2ccccc2-c2ccccc21)C(=O)N1CC(OCC(=O)O)C1. The van der Waals surface area contributed by atoms with E-state index < -0.39 is 17.5 Å². The van der Waals surface area contributed by atoms with Crippen molar-refractivity contribution in [3.05, 3.63) is 59.7 Å². The molecule has 1 saturated heterocycles. The van der Waals surface area contributed by atoms with Gasteiger partial charge < -0.3 is 24.8 Å². The van der Waals surface area contributed by atoms with Gasteiger partial charge in [0.2, 0.25) is 5.91 Å². The van der Waals surface area contributed by atoms with E-state index in [1.165, 1.54) is 0 Å². The predicted octanol–water partition coefficient (Wildman–Crippen LogP) is 3.25. The summed E-state index contributed by atoms with van der Waals surface area (Å²) in [6.45, 7) is 4.40. The summed E-state index contributed by atoms with van der Waals surface area (Å²) in [6.07, 6.45) is -0.288. The van der Waals surface area contributed by atoms with E-state index in [-0.39, 0.29) is 37.7 Å². The number of hydrogen-bond acceptors (Lipinski definition) is 5. The second-order valence-electron chi connectivity index (χ2n) is 9.13. The number of rotatable bonds is 9. The van der Waals surface area contributed by atoms with Crippen LogP contribution >= 0.6 is 0 Å². The molecule has 4 rings (SSSR count). The minimum atomic E-state index is -1.03. The molecule has 1 atom stereocenters. The van der Waals surface area contributed by atoms with E-state index in [1.54, 1.807) is 4.90 Å². The minimum absolute atomic E-state index is 0.0267. The van der Waals surface area contributed by atoms with Gasteiger partial charge in [-0.3, -0.25) is 4.79 Å². The Balaban J connectivity index is 1.30. The number of carboxylic acids is 1. The van der Waals surface area contributed by atoms with Crippen molar-refractivity contribution in [2.24, 2.45) is 5.41 Å². The fourth-order valence-electron chi connectivity index (χ4n) is 4.55. The Bertz CT molecular complexity index is 1030. The van der Waals surface area contributed by atoms with Crippen molar-refractivity contribution >= 4 is 18.0 Å². The molecule has 2 N–H and O–H groups in total. The monoisotopic (exact) mass is 466 g/mol.